The molecular weight excluding hydrogens is 268 g/mol. The average molecular weight is 294 g/mol. The van der Waals surface area contributed by atoms with E-state index in [0.29, 0.717) is 17.7 Å². The molecule has 2 N–H and O–H groups in total. The highest BCUT2D eigenvalue weighted by atomic mass is 16.5. The largest absolute Gasteiger partial charge is 0.367 e. The summed E-state index contributed by atoms with van der Waals surface area (Å²) < 4.78 is 11.3. The maximum atomic E-state index is 5.79. The Bertz CT molecular complexity index is 443. The molecule has 1 aromatic rings. The van der Waals surface area contributed by atoms with E-state index in [1.807, 2.05) is 0 Å². The van der Waals surface area contributed by atoms with Gasteiger partial charge in [0, 0.05) is 19.0 Å². The van der Waals surface area contributed by atoms with Crippen LogP contribution < -0.4 is 5.73 Å². The lowest BCUT2D eigenvalue weighted by molar-refractivity contribution is -0.0334. The predicted octanol–water partition coefficient (Wildman–Crippen LogP) is 1.70. The van der Waals surface area contributed by atoms with Gasteiger partial charge in [0.25, 0.3) is 0 Å². The average Bonchev–Trinajstić information content (AvgIpc) is 3.05. The molecule has 21 heavy (non-hydrogen) atoms. The minimum Gasteiger partial charge on any atom is -0.367 e. The van der Waals surface area contributed by atoms with Crippen molar-refractivity contribution in [2.24, 2.45) is 11.7 Å². The van der Waals surface area contributed by atoms with Gasteiger partial charge in [-0.15, -0.1) is 0 Å². The predicted molar refractivity (Wildman–Crippen MR) is 78.9 cm³/mol. The van der Waals surface area contributed by atoms with E-state index in [-0.39, 0.29) is 6.10 Å². The van der Waals surface area contributed by atoms with Gasteiger partial charge in [-0.1, -0.05) is 12.1 Å². The number of morpholine rings is 1. The lowest BCUT2D eigenvalue weighted by Crippen LogP contribution is -2.38. The molecule has 0 radical (unpaired) electrons. The second kappa shape index (κ2) is 6.85. The number of ether oxygens (including phenoxy) is 1. The molecule has 1 atom stereocenters. The summed E-state index contributed by atoms with van der Waals surface area (Å²) >= 11 is 0. The van der Waals surface area contributed by atoms with Crippen molar-refractivity contribution in [1.82, 2.24) is 15.0 Å². The molecule has 1 saturated heterocycles. The highest BCUT2D eigenvalue weighted by Crippen LogP contribution is 2.35. The zero-order chi connectivity index (χ0) is 14.7. The van der Waals surface area contributed by atoms with Crippen molar-refractivity contribution in [2.45, 2.75) is 44.6 Å². The Morgan fingerprint density at radius 2 is 2.10 bits per heavy atom. The van der Waals surface area contributed by atoms with Crippen LogP contribution >= 0.6 is 0 Å². The Kier molecular flexibility index (Phi) is 4.87. The van der Waals surface area contributed by atoms with Gasteiger partial charge in [-0.25, -0.2) is 0 Å². The summed E-state index contributed by atoms with van der Waals surface area (Å²) in [4.78, 5) is 6.97. The van der Waals surface area contributed by atoms with E-state index in [2.05, 4.69) is 22.0 Å². The third-order valence-electron chi connectivity index (χ3n) is 4.87. The van der Waals surface area contributed by atoms with Gasteiger partial charge in [0.05, 0.1) is 6.61 Å². The number of hydrogen-bond donors (Lipinski definition) is 1. The van der Waals surface area contributed by atoms with Gasteiger partial charge in [0.2, 0.25) is 11.7 Å². The van der Waals surface area contributed by atoms with Gasteiger partial charge in [0.1, 0.15) is 6.10 Å². The van der Waals surface area contributed by atoms with Crippen molar-refractivity contribution in [1.29, 1.82) is 0 Å². The number of rotatable bonds is 4. The molecule has 3 rings (SSSR count). The fourth-order valence-corrected chi connectivity index (χ4v) is 3.33. The molecule has 1 aliphatic heterocycles. The molecule has 2 fully saturated rings. The van der Waals surface area contributed by atoms with Gasteiger partial charge in [-0.3, -0.25) is 4.90 Å². The molecular formula is C15H26N4O2. The van der Waals surface area contributed by atoms with E-state index in [1.54, 1.807) is 0 Å². The molecule has 6 nitrogen and oxygen atoms in total. The normalized spacial score (nSPS) is 31.4. The molecule has 1 aliphatic carbocycles. The number of nitrogens with two attached hydrogens (primary N) is 1. The zero-order valence-electron chi connectivity index (χ0n) is 12.8. The maximum Gasteiger partial charge on any atom is 0.229 e. The lowest BCUT2D eigenvalue weighted by atomic mass is 9.82. The number of likely N-dealkylation sites (N-methyl/N-ethyl adjacent to an activating group) is 1. The van der Waals surface area contributed by atoms with E-state index in [0.717, 1.165) is 51.5 Å². The summed E-state index contributed by atoms with van der Waals surface area (Å²) in [6, 6.07) is 0. The topological polar surface area (TPSA) is 77.4 Å². The first kappa shape index (κ1) is 14.9. The smallest absolute Gasteiger partial charge is 0.229 e. The van der Waals surface area contributed by atoms with Crippen LogP contribution in [-0.4, -0.2) is 47.8 Å². The fourth-order valence-electron chi connectivity index (χ4n) is 3.33. The standard InChI is InChI=1S/C15H26N4O2/c1-2-19-7-8-20-13(10-19)14-17-15(21-18-14)12-5-3-11(9-16)4-6-12/h11-13H,2-10,16H2,1H3. The Hall–Kier alpha value is -0.980. The zero-order valence-corrected chi connectivity index (χ0v) is 12.8. The van der Waals surface area contributed by atoms with Crippen molar-refractivity contribution in [2.75, 3.05) is 32.8 Å². The van der Waals surface area contributed by atoms with Gasteiger partial charge in [-0.2, -0.15) is 4.98 Å². The summed E-state index contributed by atoms with van der Waals surface area (Å²) in [5.74, 6) is 2.57. The second-order valence-electron chi connectivity index (χ2n) is 6.20. The monoisotopic (exact) mass is 294 g/mol. The van der Waals surface area contributed by atoms with Gasteiger partial charge >= 0.3 is 0 Å². The summed E-state index contributed by atoms with van der Waals surface area (Å²) in [5.41, 5.74) is 5.74. The first-order valence-corrected chi connectivity index (χ1v) is 8.17. The van der Waals surface area contributed by atoms with Crippen molar-refractivity contribution < 1.29 is 9.26 Å². The summed E-state index contributed by atoms with van der Waals surface area (Å²) in [5, 5.41) is 4.16. The Morgan fingerprint density at radius 1 is 1.29 bits per heavy atom. The third-order valence-corrected chi connectivity index (χ3v) is 4.87. The molecule has 0 aromatic carbocycles. The van der Waals surface area contributed by atoms with Crippen LogP contribution in [0.3, 0.4) is 0 Å². The first-order chi connectivity index (χ1) is 10.3. The SMILES string of the molecule is CCN1CCOC(c2noc(C3CCC(CN)CC3)n2)C1. The fraction of sp³-hybridized carbons (Fsp3) is 0.867. The molecule has 2 aliphatic rings. The molecule has 118 valence electrons. The van der Waals surface area contributed by atoms with Crippen LogP contribution in [0.2, 0.25) is 0 Å². The van der Waals surface area contributed by atoms with Gasteiger partial charge in [0.15, 0.2) is 0 Å². The molecule has 0 spiro atoms. The summed E-state index contributed by atoms with van der Waals surface area (Å²) in [6.45, 7) is 6.58. The quantitative estimate of drug-likeness (QED) is 0.910. The van der Waals surface area contributed by atoms with Crippen LogP contribution in [0.25, 0.3) is 0 Å². The van der Waals surface area contributed by atoms with Crippen molar-refractivity contribution in [3.8, 4) is 0 Å². The van der Waals surface area contributed by atoms with Crippen LogP contribution in [0.1, 0.15) is 56.3 Å². The van der Waals surface area contributed by atoms with Crippen molar-refractivity contribution in [3.63, 3.8) is 0 Å². The Labute approximate surface area is 126 Å². The third kappa shape index (κ3) is 3.44. The lowest BCUT2D eigenvalue weighted by Gasteiger charge is -2.30. The van der Waals surface area contributed by atoms with Crippen LogP contribution in [0.15, 0.2) is 4.52 Å². The second-order valence-corrected chi connectivity index (χ2v) is 6.20. The van der Waals surface area contributed by atoms with E-state index in [1.165, 1.54) is 12.8 Å². The summed E-state index contributed by atoms with van der Waals surface area (Å²) in [6.07, 6.45) is 4.51. The highest BCUT2D eigenvalue weighted by Gasteiger charge is 2.29. The van der Waals surface area contributed by atoms with Crippen LogP contribution in [0.4, 0.5) is 0 Å². The van der Waals surface area contributed by atoms with Crippen LogP contribution in [0, 0.1) is 5.92 Å². The number of nitrogens with zero attached hydrogens (tertiary/aromatic N) is 3. The highest BCUT2D eigenvalue weighted by molar-refractivity contribution is 4.99. The molecule has 2 heterocycles. The minimum atomic E-state index is -0.0448. The molecule has 0 amide bonds. The van der Waals surface area contributed by atoms with E-state index in [9.17, 15) is 0 Å². The number of hydrogen-bond acceptors (Lipinski definition) is 6. The van der Waals surface area contributed by atoms with E-state index >= 15 is 0 Å². The van der Waals surface area contributed by atoms with Gasteiger partial charge in [-0.05, 0) is 44.7 Å². The molecule has 1 unspecified atom stereocenters. The van der Waals surface area contributed by atoms with Crippen LogP contribution in [-0.2, 0) is 4.74 Å². The molecule has 1 saturated carbocycles. The van der Waals surface area contributed by atoms with E-state index < -0.39 is 0 Å². The Morgan fingerprint density at radius 3 is 2.81 bits per heavy atom. The number of aromatic nitrogens is 2. The van der Waals surface area contributed by atoms with Crippen LogP contribution in [0.5, 0.6) is 0 Å². The molecule has 0 bridgehead atoms. The minimum absolute atomic E-state index is 0.0448. The van der Waals surface area contributed by atoms with Crippen molar-refractivity contribution in [3.05, 3.63) is 11.7 Å². The first-order valence-electron chi connectivity index (χ1n) is 8.17. The molecule has 6 heteroatoms. The Balaban J connectivity index is 1.61. The van der Waals surface area contributed by atoms with E-state index in [4.69, 9.17) is 15.0 Å². The maximum absolute atomic E-state index is 5.79. The van der Waals surface area contributed by atoms with Gasteiger partial charge < -0.3 is 15.0 Å². The summed E-state index contributed by atoms with van der Waals surface area (Å²) in [7, 11) is 0. The molecule has 1 aromatic heterocycles. The van der Waals surface area contributed by atoms with Crippen molar-refractivity contribution >= 4 is 0 Å².